The summed E-state index contributed by atoms with van der Waals surface area (Å²) >= 11 is 0. The highest BCUT2D eigenvalue weighted by atomic mass is 16.4. The van der Waals surface area contributed by atoms with E-state index >= 15 is 0 Å². The lowest BCUT2D eigenvalue weighted by atomic mass is 9.76. The molecule has 4 heteroatoms. The lowest BCUT2D eigenvalue weighted by Gasteiger charge is -2.45. The highest BCUT2D eigenvalue weighted by Crippen LogP contribution is 2.41. The Morgan fingerprint density at radius 1 is 1.27 bits per heavy atom. The van der Waals surface area contributed by atoms with Crippen molar-refractivity contribution in [2.45, 2.75) is 31.6 Å². The molecule has 4 heterocycles. The van der Waals surface area contributed by atoms with E-state index in [1.165, 1.54) is 42.6 Å². The van der Waals surface area contributed by atoms with Crippen LogP contribution >= 0.6 is 0 Å². The first-order valence-electron chi connectivity index (χ1n) is 8.26. The summed E-state index contributed by atoms with van der Waals surface area (Å²) in [5.41, 5.74) is 3.68. The summed E-state index contributed by atoms with van der Waals surface area (Å²) in [6, 6.07) is 8.30. The number of carboxylic acid groups (broad SMARTS) is 1. The van der Waals surface area contributed by atoms with Crippen LogP contribution in [0.25, 0.3) is 10.9 Å². The maximum atomic E-state index is 11.0. The van der Waals surface area contributed by atoms with Gasteiger partial charge in [-0.15, -0.1) is 0 Å². The van der Waals surface area contributed by atoms with Gasteiger partial charge in [-0.3, -0.25) is 4.79 Å². The van der Waals surface area contributed by atoms with Crippen LogP contribution in [0.2, 0.25) is 0 Å². The number of aliphatic carboxylic acids is 1. The van der Waals surface area contributed by atoms with E-state index in [0.717, 1.165) is 18.0 Å². The van der Waals surface area contributed by atoms with Gasteiger partial charge in [-0.05, 0) is 49.9 Å². The van der Waals surface area contributed by atoms with Crippen LogP contribution in [0, 0.1) is 5.92 Å². The fraction of sp³-hybridized carbons (Fsp3) is 0.500. The van der Waals surface area contributed by atoms with Crippen LogP contribution in [-0.2, 0) is 11.2 Å². The van der Waals surface area contributed by atoms with E-state index in [0.29, 0.717) is 12.3 Å². The quantitative estimate of drug-likeness (QED) is 0.912. The Hall–Kier alpha value is -1.81. The molecule has 3 aliphatic heterocycles. The number of H-pyrrole nitrogens is 1. The third kappa shape index (κ3) is 2.31. The molecule has 0 radical (unpaired) electrons. The molecule has 1 atom stereocenters. The number of hydrogen-bond acceptors (Lipinski definition) is 2. The van der Waals surface area contributed by atoms with Crippen LogP contribution in [0.3, 0.4) is 0 Å². The molecule has 4 nitrogen and oxygen atoms in total. The van der Waals surface area contributed by atoms with E-state index in [1.54, 1.807) is 0 Å². The van der Waals surface area contributed by atoms with Crippen molar-refractivity contribution in [3.63, 3.8) is 0 Å². The highest BCUT2D eigenvalue weighted by molar-refractivity contribution is 5.85. The van der Waals surface area contributed by atoms with Gasteiger partial charge < -0.3 is 15.0 Å². The molecule has 5 rings (SSSR count). The molecule has 0 aliphatic carbocycles. The molecule has 116 valence electrons. The molecule has 2 aromatic rings. The van der Waals surface area contributed by atoms with Gasteiger partial charge in [0.2, 0.25) is 0 Å². The topological polar surface area (TPSA) is 56.3 Å². The first-order chi connectivity index (χ1) is 10.7. The molecule has 3 aliphatic rings. The van der Waals surface area contributed by atoms with E-state index in [1.807, 2.05) is 12.1 Å². The van der Waals surface area contributed by atoms with Crippen LogP contribution in [-0.4, -0.2) is 40.6 Å². The number of aromatic amines is 1. The standard InChI is InChI=1S/C18H22N2O2/c21-17(22)6-5-14-13-3-1-2-4-16(13)19-18(14)15-11-20-9-7-12(15)8-10-20/h1-4,12,15,19H,5-11H2,(H,21,22). The molecule has 2 N–H and O–H groups in total. The molecular weight excluding hydrogens is 276 g/mol. The molecule has 2 bridgehead atoms. The first kappa shape index (κ1) is 13.8. The van der Waals surface area contributed by atoms with E-state index in [4.69, 9.17) is 5.11 Å². The van der Waals surface area contributed by atoms with E-state index in [2.05, 4.69) is 22.0 Å². The van der Waals surface area contributed by atoms with Crippen molar-refractivity contribution in [3.8, 4) is 0 Å². The fourth-order valence-electron chi connectivity index (χ4n) is 4.33. The number of nitrogens with zero attached hydrogens (tertiary/aromatic N) is 1. The molecule has 22 heavy (non-hydrogen) atoms. The lowest BCUT2D eigenvalue weighted by Crippen LogP contribution is -2.46. The Morgan fingerprint density at radius 2 is 2.05 bits per heavy atom. The van der Waals surface area contributed by atoms with Crippen LogP contribution in [0.1, 0.15) is 36.4 Å². The average molecular weight is 298 g/mol. The van der Waals surface area contributed by atoms with Crippen molar-refractivity contribution in [2.24, 2.45) is 5.92 Å². The van der Waals surface area contributed by atoms with Gasteiger partial charge in [-0.1, -0.05) is 18.2 Å². The monoisotopic (exact) mass is 298 g/mol. The molecule has 1 unspecified atom stereocenters. The number of aromatic nitrogens is 1. The van der Waals surface area contributed by atoms with E-state index in [9.17, 15) is 4.79 Å². The molecule has 1 aromatic heterocycles. The Kier molecular flexibility index (Phi) is 3.41. The van der Waals surface area contributed by atoms with Gasteiger partial charge in [0, 0.05) is 35.5 Å². The summed E-state index contributed by atoms with van der Waals surface area (Å²) in [5, 5.41) is 10.3. The van der Waals surface area contributed by atoms with Gasteiger partial charge in [0.15, 0.2) is 0 Å². The van der Waals surface area contributed by atoms with Gasteiger partial charge in [0.25, 0.3) is 0 Å². The van der Waals surface area contributed by atoms with Crippen molar-refractivity contribution >= 4 is 16.9 Å². The summed E-state index contributed by atoms with van der Waals surface area (Å²) < 4.78 is 0. The van der Waals surface area contributed by atoms with Crippen molar-refractivity contribution < 1.29 is 9.90 Å². The number of benzene rings is 1. The van der Waals surface area contributed by atoms with Crippen molar-refractivity contribution in [3.05, 3.63) is 35.5 Å². The minimum Gasteiger partial charge on any atom is -0.481 e. The molecule has 1 aromatic carbocycles. The molecule has 0 saturated carbocycles. The molecule has 0 spiro atoms. The van der Waals surface area contributed by atoms with Crippen LogP contribution < -0.4 is 0 Å². The van der Waals surface area contributed by atoms with E-state index in [-0.39, 0.29) is 6.42 Å². The fourth-order valence-corrected chi connectivity index (χ4v) is 4.33. The summed E-state index contributed by atoms with van der Waals surface area (Å²) in [6.07, 6.45) is 3.38. The largest absolute Gasteiger partial charge is 0.481 e. The maximum absolute atomic E-state index is 11.0. The predicted molar refractivity (Wildman–Crippen MR) is 86.2 cm³/mol. The summed E-state index contributed by atoms with van der Waals surface area (Å²) in [6.45, 7) is 3.58. The van der Waals surface area contributed by atoms with Crippen molar-refractivity contribution in [2.75, 3.05) is 19.6 Å². The second kappa shape index (κ2) is 5.43. The summed E-state index contributed by atoms with van der Waals surface area (Å²) in [4.78, 5) is 17.2. The normalized spacial score (nSPS) is 27.4. The summed E-state index contributed by atoms with van der Waals surface area (Å²) in [7, 11) is 0. The zero-order chi connectivity index (χ0) is 15.1. The van der Waals surface area contributed by atoms with Crippen molar-refractivity contribution in [1.29, 1.82) is 0 Å². The van der Waals surface area contributed by atoms with E-state index < -0.39 is 5.97 Å². The van der Waals surface area contributed by atoms with Crippen LogP contribution in [0.15, 0.2) is 24.3 Å². The average Bonchev–Trinajstić information content (AvgIpc) is 2.92. The highest BCUT2D eigenvalue weighted by Gasteiger charge is 2.37. The number of para-hydroxylation sites is 1. The number of piperidine rings is 3. The Morgan fingerprint density at radius 3 is 2.73 bits per heavy atom. The second-order valence-electron chi connectivity index (χ2n) is 6.70. The Labute approximate surface area is 130 Å². The zero-order valence-corrected chi connectivity index (χ0v) is 12.7. The predicted octanol–water partition coefficient (Wildman–Crippen LogP) is 2.99. The number of rotatable bonds is 4. The van der Waals surface area contributed by atoms with Crippen LogP contribution in [0.5, 0.6) is 0 Å². The molecule has 3 fully saturated rings. The number of nitrogens with one attached hydrogen (secondary N) is 1. The summed E-state index contributed by atoms with van der Waals surface area (Å²) in [5.74, 6) is 0.575. The lowest BCUT2D eigenvalue weighted by molar-refractivity contribution is -0.136. The Bertz CT molecular complexity index is 698. The number of carboxylic acids is 1. The first-order valence-corrected chi connectivity index (χ1v) is 8.26. The number of hydrogen-bond donors (Lipinski definition) is 2. The molecule has 0 amide bonds. The van der Waals surface area contributed by atoms with Crippen molar-refractivity contribution in [1.82, 2.24) is 9.88 Å². The number of aryl methyl sites for hydroxylation is 1. The number of carbonyl (C=O) groups is 1. The SMILES string of the molecule is O=C(O)CCc1c(C2CN3CCC2CC3)[nH]c2ccccc12. The third-order valence-corrected chi connectivity index (χ3v) is 5.46. The van der Waals surface area contributed by atoms with Gasteiger partial charge in [0.1, 0.15) is 0 Å². The van der Waals surface area contributed by atoms with Gasteiger partial charge in [0.05, 0.1) is 0 Å². The third-order valence-electron chi connectivity index (χ3n) is 5.46. The van der Waals surface area contributed by atoms with Gasteiger partial charge >= 0.3 is 5.97 Å². The zero-order valence-electron chi connectivity index (χ0n) is 12.7. The van der Waals surface area contributed by atoms with Gasteiger partial charge in [-0.25, -0.2) is 0 Å². The van der Waals surface area contributed by atoms with Crippen LogP contribution in [0.4, 0.5) is 0 Å². The van der Waals surface area contributed by atoms with Gasteiger partial charge in [-0.2, -0.15) is 0 Å². The smallest absolute Gasteiger partial charge is 0.303 e. The second-order valence-corrected chi connectivity index (χ2v) is 6.70. The number of fused-ring (bicyclic) bond motifs is 4. The minimum absolute atomic E-state index is 0.204. The minimum atomic E-state index is -0.717. The molecule has 3 saturated heterocycles. The molecular formula is C18H22N2O2. The maximum Gasteiger partial charge on any atom is 0.303 e. The Balaban J connectivity index is 1.75.